The summed E-state index contributed by atoms with van der Waals surface area (Å²) in [4.78, 5) is 17.3. The number of allylic oxidation sites excluding steroid dienone is 2. The van der Waals surface area contributed by atoms with Gasteiger partial charge >= 0.3 is 0 Å². The molecule has 0 fully saturated rings. The summed E-state index contributed by atoms with van der Waals surface area (Å²) in [6.45, 7) is 8.39. The highest BCUT2D eigenvalue weighted by atomic mass is 14.8. The van der Waals surface area contributed by atoms with Crippen molar-refractivity contribution in [2.75, 3.05) is 0 Å². The van der Waals surface area contributed by atoms with Crippen LogP contribution >= 0.6 is 0 Å². The lowest BCUT2D eigenvalue weighted by Gasteiger charge is -2.32. The van der Waals surface area contributed by atoms with Gasteiger partial charge in [-0.15, -0.1) is 13.2 Å². The van der Waals surface area contributed by atoms with Crippen LogP contribution in [0, 0.1) is 0 Å². The Bertz CT molecular complexity index is 2080. The van der Waals surface area contributed by atoms with Crippen LogP contribution in [-0.4, -0.2) is 19.9 Å². The Labute approximate surface area is 250 Å². The molecule has 0 radical (unpaired) electrons. The van der Waals surface area contributed by atoms with Crippen LogP contribution in [-0.2, 0) is 5.41 Å². The SMILES string of the molecule is C=CCC1(CC=C)c2ccccc2-c2cccc(-c3c4nc(cc5ccc(cc6ccc(cc7nc3C=C7)[nH]6)[nH]5)C=C4)c21. The van der Waals surface area contributed by atoms with Crippen LogP contribution in [0.25, 0.3) is 68.6 Å². The second kappa shape index (κ2) is 9.81. The van der Waals surface area contributed by atoms with Crippen LogP contribution in [0.1, 0.15) is 46.7 Å². The Balaban J connectivity index is 1.49. The lowest BCUT2D eigenvalue weighted by molar-refractivity contribution is 0.544. The number of nitrogens with one attached hydrogen (secondary N) is 2. The van der Waals surface area contributed by atoms with Crippen LogP contribution < -0.4 is 0 Å². The average Bonchev–Trinajstić information content (AvgIpc) is 3.85. The zero-order chi connectivity index (χ0) is 29.0. The van der Waals surface area contributed by atoms with Gasteiger partial charge in [-0.3, -0.25) is 0 Å². The van der Waals surface area contributed by atoms with Crippen LogP contribution in [0.4, 0.5) is 0 Å². The van der Waals surface area contributed by atoms with E-state index in [0.717, 1.165) is 68.8 Å². The van der Waals surface area contributed by atoms with E-state index in [1.54, 1.807) is 0 Å². The molecule has 0 amide bonds. The minimum absolute atomic E-state index is 0.283. The van der Waals surface area contributed by atoms with Crippen molar-refractivity contribution in [1.29, 1.82) is 0 Å². The first-order valence-electron chi connectivity index (χ1n) is 14.7. The van der Waals surface area contributed by atoms with E-state index in [4.69, 9.17) is 9.97 Å². The van der Waals surface area contributed by atoms with Crippen molar-refractivity contribution in [2.45, 2.75) is 18.3 Å². The maximum Gasteiger partial charge on any atom is 0.0737 e. The molecule has 0 saturated heterocycles. The van der Waals surface area contributed by atoms with Crippen LogP contribution in [0.15, 0.2) is 110 Å². The highest BCUT2D eigenvalue weighted by molar-refractivity contribution is 5.95. The van der Waals surface area contributed by atoms with Crippen molar-refractivity contribution in [3.8, 4) is 22.3 Å². The smallest absolute Gasteiger partial charge is 0.0737 e. The first-order chi connectivity index (χ1) is 21.1. The summed E-state index contributed by atoms with van der Waals surface area (Å²) >= 11 is 0. The molecule has 0 atom stereocenters. The average molecular weight is 555 g/mol. The molecule has 2 aliphatic heterocycles. The largest absolute Gasteiger partial charge is 0.355 e. The van der Waals surface area contributed by atoms with E-state index in [1.165, 1.54) is 22.3 Å². The Morgan fingerprint density at radius 3 is 1.72 bits per heavy atom. The van der Waals surface area contributed by atoms with Crippen molar-refractivity contribution >= 4 is 46.4 Å². The van der Waals surface area contributed by atoms with Gasteiger partial charge in [0.1, 0.15) is 0 Å². The number of hydrogen-bond acceptors (Lipinski definition) is 2. The van der Waals surface area contributed by atoms with Crippen molar-refractivity contribution in [2.24, 2.45) is 0 Å². The fourth-order valence-corrected chi connectivity index (χ4v) is 7.06. The number of aromatic nitrogens is 4. The highest BCUT2D eigenvalue weighted by Gasteiger charge is 2.43. The first-order valence-corrected chi connectivity index (χ1v) is 14.7. The summed E-state index contributed by atoms with van der Waals surface area (Å²) in [5.41, 5.74) is 14.7. The normalized spacial score (nSPS) is 14.0. The van der Waals surface area contributed by atoms with Crippen LogP contribution in [0.3, 0.4) is 0 Å². The molecular weight excluding hydrogens is 524 g/mol. The number of benzene rings is 2. The molecule has 5 heterocycles. The summed E-state index contributed by atoms with van der Waals surface area (Å²) in [7, 11) is 0. The van der Waals surface area contributed by atoms with Gasteiger partial charge in [0, 0.05) is 33.0 Å². The minimum atomic E-state index is -0.283. The third-order valence-corrected chi connectivity index (χ3v) is 8.75. The fourth-order valence-electron chi connectivity index (χ4n) is 7.06. The molecule has 8 rings (SSSR count). The first kappa shape index (κ1) is 25.2. The van der Waals surface area contributed by atoms with Crippen molar-refractivity contribution in [3.63, 3.8) is 0 Å². The van der Waals surface area contributed by atoms with Crippen LogP contribution in [0.2, 0.25) is 0 Å². The summed E-state index contributed by atoms with van der Waals surface area (Å²) in [5, 5.41) is 0. The van der Waals surface area contributed by atoms with Gasteiger partial charge in [-0.25, -0.2) is 9.97 Å². The quantitative estimate of drug-likeness (QED) is 0.208. The molecule has 8 bridgehead atoms. The number of hydrogen-bond donors (Lipinski definition) is 2. The number of nitrogens with zero attached hydrogens (tertiary/aromatic N) is 2. The Hall–Kier alpha value is -5.48. The Kier molecular flexibility index (Phi) is 5.76. The summed E-state index contributed by atoms with van der Waals surface area (Å²) in [6, 6.07) is 30.1. The highest BCUT2D eigenvalue weighted by Crippen LogP contribution is 2.56. The zero-order valence-electron chi connectivity index (χ0n) is 23.8. The minimum Gasteiger partial charge on any atom is -0.355 e. The topological polar surface area (TPSA) is 57.4 Å². The number of H-pyrrole nitrogens is 2. The molecule has 0 spiro atoms. The second-order valence-corrected chi connectivity index (χ2v) is 11.4. The molecule has 0 unspecified atom stereocenters. The Morgan fingerprint density at radius 1 is 0.581 bits per heavy atom. The predicted octanol–water partition coefficient (Wildman–Crippen LogP) is 9.74. The van der Waals surface area contributed by atoms with Gasteiger partial charge in [-0.05, 0) is 107 Å². The summed E-state index contributed by atoms with van der Waals surface area (Å²) < 4.78 is 0. The van der Waals surface area contributed by atoms with Gasteiger partial charge in [0.05, 0.1) is 22.8 Å². The predicted molar refractivity (Wildman–Crippen MR) is 180 cm³/mol. The molecule has 2 aromatic carbocycles. The Morgan fingerprint density at radius 2 is 1.12 bits per heavy atom. The van der Waals surface area contributed by atoms with Gasteiger partial charge in [0.25, 0.3) is 0 Å². The van der Waals surface area contributed by atoms with E-state index < -0.39 is 0 Å². The van der Waals surface area contributed by atoms with Gasteiger partial charge in [0.2, 0.25) is 0 Å². The number of aromatic amines is 2. The van der Waals surface area contributed by atoms with E-state index in [2.05, 4.69) is 132 Å². The molecule has 43 heavy (non-hydrogen) atoms. The van der Waals surface area contributed by atoms with E-state index in [-0.39, 0.29) is 5.41 Å². The third-order valence-electron chi connectivity index (χ3n) is 8.75. The van der Waals surface area contributed by atoms with E-state index in [0.29, 0.717) is 0 Å². The van der Waals surface area contributed by atoms with Gasteiger partial charge in [-0.1, -0.05) is 54.6 Å². The zero-order valence-corrected chi connectivity index (χ0v) is 23.8. The summed E-state index contributed by atoms with van der Waals surface area (Å²) in [6.07, 6.45) is 14.1. The fraction of sp³-hybridized carbons (Fsp3) is 0.0769. The molecule has 1 aliphatic carbocycles. The lowest BCUT2D eigenvalue weighted by atomic mass is 9.70. The summed E-state index contributed by atoms with van der Waals surface area (Å²) in [5.74, 6) is 0. The number of fused-ring (bicyclic) bond motifs is 11. The van der Waals surface area contributed by atoms with Crippen LogP contribution in [0.5, 0.6) is 0 Å². The van der Waals surface area contributed by atoms with E-state index in [1.807, 2.05) is 12.2 Å². The van der Waals surface area contributed by atoms with E-state index in [9.17, 15) is 0 Å². The van der Waals surface area contributed by atoms with Crippen molar-refractivity contribution in [1.82, 2.24) is 19.9 Å². The van der Waals surface area contributed by atoms with Crippen molar-refractivity contribution in [3.05, 3.63) is 144 Å². The van der Waals surface area contributed by atoms with Crippen molar-refractivity contribution < 1.29 is 0 Å². The molecule has 4 nitrogen and oxygen atoms in total. The van der Waals surface area contributed by atoms with Gasteiger partial charge in [0.15, 0.2) is 0 Å². The lowest BCUT2D eigenvalue weighted by Crippen LogP contribution is -2.24. The molecule has 2 N–H and O–H groups in total. The molecule has 3 aromatic heterocycles. The third kappa shape index (κ3) is 4.06. The number of rotatable bonds is 5. The molecule has 4 heteroatoms. The maximum atomic E-state index is 5.17. The standard InChI is InChI=1S/C39H30N4/c1-3-20-39(21-4-2)34-11-6-5-8-31(34)32-9-7-10-33(38(32)39)37-35-18-16-29(42-35)23-27-14-12-25(40-27)22-26-13-15-28(41-26)24-30-17-19-36(37)43-30/h3-19,22-24,40-41H,1-2,20-21H2. The molecule has 3 aliphatic rings. The van der Waals surface area contributed by atoms with Gasteiger partial charge in [-0.2, -0.15) is 0 Å². The maximum absolute atomic E-state index is 5.17. The molecule has 5 aromatic rings. The molecule has 206 valence electrons. The second-order valence-electron chi connectivity index (χ2n) is 11.4. The molecular formula is C39H30N4. The monoisotopic (exact) mass is 554 g/mol. The van der Waals surface area contributed by atoms with E-state index >= 15 is 0 Å². The van der Waals surface area contributed by atoms with Gasteiger partial charge < -0.3 is 9.97 Å². The molecule has 0 saturated carbocycles.